The fourth-order valence-corrected chi connectivity index (χ4v) is 1.01. The normalized spacial score (nSPS) is 8.36. The van der Waals surface area contributed by atoms with Crippen LogP contribution in [-0.4, -0.2) is 0 Å². The number of hydrogen-bond acceptors (Lipinski definition) is 0. The first-order valence-electron chi connectivity index (χ1n) is 4.35. The minimum Gasteiger partial charge on any atom is -0.147 e. The minimum absolute atomic E-state index is 0. The van der Waals surface area contributed by atoms with Gasteiger partial charge in [0.25, 0.3) is 0 Å². The van der Waals surface area contributed by atoms with Crippen molar-refractivity contribution in [2.24, 2.45) is 0 Å². The Kier molecular flexibility index (Phi) is 15.3. The molecular formula is C10H19Cl. The topological polar surface area (TPSA) is 0 Å². The lowest BCUT2D eigenvalue weighted by atomic mass is 10.1. The largest absolute Gasteiger partial charge is 0.147 e. The van der Waals surface area contributed by atoms with Gasteiger partial charge in [0.05, 0.1) is 0 Å². The molecule has 0 nitrogen and oxygen atoms in total. The van der Waals surface area contributed by atoms with Crippen LogP contribution in [0.1, 0.15) is 51.9 Å². The van der Waals surface area contributed by atoms with E-state index in [0.29, 0.717) is 0 Å². The Morgan fingerprint density at radius 3 is 2.09 bits per heavy atom. The second-order valence-corrected chi connectivity index (χ2v) is 2.72. The molecule has 0 aromatic rings. The van der Waals surface area contributed by atoms with Gasteiger partial charge in [-0.2, -0.15) is 0 Å². The average molecular weight is 175 g/mol. The van der Waals surface area contributed by atoms with Gasteiger partial charge >= 0.3 is 0 Å². The third kappa shape index (κ3) is 12.9. The maximum atomic E-state index is 5.12. The van der Waals surface area contributed by atoms with Crippen molar-refractivity contribution in [3.63, 3.8) is 0 Å². The Labute approximate surface area is 77.2 Å². The molecule has 0 rings (SSSR count). The summed E-state index contributed by atoms with van der Waals surface area (Å²) in [4.78, 5) is 0. The molecule has 0 N–H and O–H groups in total. The van der Waals surface area contributed by atoms with E-state index in [-0.39, 0.29) is 12.4 Å². The first kappa shape index (κ1) is 13.4. The van der Waals surface area contributed by atoms with Crippen LogP contribution in [0.4, 0.5) is 0 Å². The van der Waals surface area contributed by atoms with Crippen molar-refractivity contribution in [2.45, 2.75) is 51.9 Å². The van der Waals surface area contributed by atoms with E-state index in [9.17, 15) is 0 Å². The summed E-state index contributed by atoms with van der Waals surface area (Å²) in [6, 6.07) is 0. The first-order valence-corrected chi connectivity index (χ1v) is 4.35. The van der Waals surface area contributed by atoms with Crippen LogP contribution >= 0.6 is 12.4 Å². The summed E-state index contributed by atoms with van der Waals surface area (Å²) in [5.74, 6) is 2.66. The van der Waals surface area contributed by atoms with Crippen LogP contribution in [0.3, 0.4) is 0 Å². The van der Waals surface area contributed by atoms with E-state index in [1.165, 1.54) is 38.5 Å². The molecule has 0 aliphatic rings. The zero-order valence-corrected chi connectivity index (χ0v) is 8.25. The molecule has 0 aromatic carbocycles. The number of halogens is 1. The summed E-state index contributed by atoms with van der Waals surface area (Å²) in [6.45, 7) is 2.24. The maximum Gasteiger partial charge on any atom is 0.00860 e. The van der Waals surface area contributed by atoms with Crippen LogP contribution in [0.25, 0.3) is 0 Å². The van der Waals surface area contributed by atoms with Gasteiger partial charge in [0.2, 0.25) is 0 Å². The second kappa shape index (κ2) is 12.5. The zero-order chi connectivity index (χ0) is 7.66. The minimum atomic E-state index is 0. The molecule has 1 heteroatoms. The van der Waals surface area contributed by atoms with Crippen molar-refractivity contribution in [1.82, 2.24) is 0 Å². The van der Waals surface area contributed by atoms with Crippen molar-refractivity contribution >= 4 is 12.4 Å². The van der Waals surface area contributed by atoms with Crippen molar-refractivity contribution in [1.29, 1.82) is 0 Å². The van der Waals surface area contributed by atoms with Crippen LogP contribution < -0.4 is 0 Å². The molecule has 11 heavy (non-hydrogen) atoms. The lowest BCUT2D eigenvalue weighted by Gasteiger charge is -1.95. The number of terminal acetylenes is 1. The zero-order valence-electron chi connectivity index (χ0n) is 7.44. The number of rotatable bonds is 6. The van der Waals surface area contributed by atoms with Crippen LogP contribution in [0.2, 0.25) is 0 Å². The predicted octanol–water partition coefficient (Wildman–Crippen LogP) is 3.79. The summed E-state index contributed by atoms with van der Waals surface area (Å²) in [6.07, 6.45) is 14.1. The first-order chi connectivity index (χ1) is 4.91. The highest BCUT2D eigenvalue weighted by Gasteiger charge is 1.86. The molecule has 0 aliphatic heterocycles. The standard InChI is InChI=1S/C10H18.ClH/c1-3-5-7-9-10-8-6-4-2;/h1H,4-10H2,2H3;1H. The quantitative estimate of drug-likeness (QED) is 0.425. The van der Waals surface area contributed by atoms with Gasteiger partial charge in [0, 0.05) is 6.42 Å². The van der Waals surface area contributed by atoms with Crippen molar-refractivity contribution < 1.29 is 0 Å². The van der Waals surface area contributed by atoms with Crippen LogP contribution in [0, 0.1) is 12.3 Å². The highest BCUT2D eigenvalue weighted by molar-refractivity contribution is 5.85. The molecule has 0 amide bonds. The fourth-order valence-electron chi connectivity index (χ4n) is 1.01. The Balaban J connectivity index is 0. The van der Waals surface area contributed by atoms with E-state index in [0.717, 1.165) is 6.42 Å². The third-order valence-corrected chi connectivity index (χ3v) is 1.67. The fraction of sp³-hybridized carbons (Fsp3) is 0.800. The molecule has 0 atom stereocenters. The Morgan fingerprint density at radius 2 is 1.55 bits per heavy atom. The van der Waals surface area contributed by atoms with E-state index in [1.54, 1.807) is 0 Å². The third-order valence-electron chi connectivity index (χ3n) is 1.67. The van der Waals surface area contributed by atoms with Crippen LogP contribution in [0.5, 0.6) is 0 Å². The highest BCUT2D eigenvalue weighted by Crippen LogP contribution is 2.05. The molecule has 66 valence electrons. The Bertz CT molecular complexity index is 91.5. The van der Waals surface area contributed by atoms with Gasteiger partial charge in [-0.15, -0.1) is 24.8 Å². The monoisotopic (exact) mass is 174 g/mol. The van der Waals surface area contributed by atoms with Crippen molar-refractivity contribution in [3.05, 3.63) is 0 Å². The molecule has 0 saturated heterocycles. The molecule has 0 unspecified atom stereocenters. The van der Waals surface area contributed by atoms with Gasteiger partial charge < -0.3 is 0 Å². The molecular weight excluding hydrogens is 156 g/mol. The molecule has 0 radical (unpaired) electrons. The summed E-state index contributed by atoms with van der Waals surface area (Å²) >= 11 is 0. The summed E-state index contributed by atoms with van der Waals surface area (Å²) < 4.78 is 0. The summed E-state index contributed by atoms with van der Waals surface area (Å²) in [7, 11) is 0. The van der Waals surface area contributed by atoms with Gasteiger partial charge in [-0.05, 0) is 6.42 Å². The van der Waals surface area contributed by atoms with Crippen molar-refractivity contribution in [3.8, 4) is 12.3 Å². The molecule has 0 bridgehead atoms. The van der Waals surface area contributed by atoms with Crippen LogP contribution in [0.15, 0.2) is 0 Å². The second-order valence-electron chi connectivity index (χ2n) is 2.72. The molecule has 0 fully saturated rings. The maximum absolute atomic E-state index is 5.12. The van der Waals surface area contributed by atoms with E-state index >= 15 is 0 Å². The smallest absolute Gasteiger partial charge is 0.00860 e. The van der Waals surface area contributed by atoms with Gasteiger partial charge in [0.15, 0.2) is 0 Å². The molecule has 0 aromatic heterocycles. The molecule has 0 spiro atoms. The predicted molar refractivity (Wildman–Crippen MR) is 54.1 cm³/mol. The van der Waals surface area contributed by atoms with Crippen LogP contribution in [-0.2, 0) is 0 Å². The summed E-state index contributed by atoms with van der Waals surface area (Å²) in [5.41, 5.74) is 0. The van der Waals surface area contributed by atoms with Gasteiger partial charge in [-0.3, -0.25) is 0 Å². The average Bonchev–Trinajstić information content (AvgIpc) is 1.97. The molecule has 0 saturated carbocycles. The Hall–Kier alpha value is -0.150. The van der Waals surface area contributed by atoms with Crippen molar-refractivity contribution in [2.75, 3.05) is 0 Å². The summed E-state index contributed by atoms with van der Waals surface area (Å²) in [5, 5.41) is 0. The molecule has 0 aliphatic carbocycles. The highest BCUT2D eigenvalue weighted by atomic mass is 35.5. The van der Waals surface area contributed by atoms with E-state index in [2.05, 4.69) is 12.8 Å². The van der Waals surface area contributed by atoms with Gasteiger partial charge in [-0.1, -0.05) is 39.0 Å². The van der Waals surface area contributed by atoms with E-state index in [4.69, 9.17) is 6.42 Å². The van der Waals surface area contributed by atoms with Gasteiger partial charge in [-0.25, -0.2) is 0 Å². The number of unbranched alkanes of at least 4 members (excludes halogenated alkanes) is 6. The lowest BCUT2D eigenvalue weighted by molar-refractivity contribution is 0.614. The van der Waals surface area contributed by atoms with Gasteiger partial charge in [0.1, 0.15) is 0 Å². The SMILES string of the molecule is C#CCCCCCCCC.Cl. The number of hydrogen-bond donors (Lipinski definition) is 0. The lowest BCUT2D eigenvalue weighted by Crippen LogP contribution is -1.77. The molecule has 0 heterocycles. The van der Waals surface area contributed by atoms with E-state index in [1.807, 2.05) is 0 Å². The van der Waals surface area contributed by atoms with E-state index < -0.39 is 0 Å². The Morgan fingerprint density at radius 1 is 1.00 bits per heavy atom.